The molecule has 1 saturated heterocycles. The van der Waals surface area contributed by atoms with Crippen LogP contribution in [0.3, 0.4) is 0 Å². The highest BCUT2D eigenvalue weighted by atomic mass is 16.7. The zero-order valence-corrected chi connectivity index (χ0v) is 33.9. The van der Waals surface area contributed by atoms with Crippen LogP contribution in [-0.4, -0.2) is 98.7 Å². The van der Waals surface area contributed by atoms with E-state index >= 15 is 0 Å². The molecule has 53 heavy (non-hydrogen) atoms. The number of carbonyl (C=O) groups excluding carboxylic acids is 1. The molecule has 1 aliphatic heterocycles. The second-order valence-corrected chi connectivity index (χ2v) is 15.5. The normalized spacial score (nSPS) is 22.7. The molecule has 0 spiro atoms. The van der Waals surface area contributed by atoms with Crippen LogP contribution >= 0.6 is 0 Å². The summed E-state index contributed by atoms with van der Waals surface area (Å²) in [6.07, 6.45) is 24.9. The molecule has 3 unspecified atom stereocenters. The van der Waals surface area contributed by atoms with Gasteiger partial charge < -0.3 is 45.4 Å². The van der Waals surface area contributed by atoms with Gasteiger partial charge in [0.15, 0.2) is 6.29 Å². The highest BCUT2D eigenvalue weighted by Gasteiger charge is 2.44. The van der Waals surface area contributed by atoms with Crippen LogP contribution < -0.4 is 5.32 Å². The van der Waals surface area contributed by atoms with Crippen molar-refractivity contribution in [2.45, 2.75) is 230 Å². The number of carbonyl (C=O) groups is 1. The van der Waals surface area contributed by atoms with E-state index in [0.29, 0.717) is 19.3 Å². The first-order valence-corrected chi connectivity index (χ1v) is 21.6. The van der Waals surface area contributed by atoms with Gasteiger partial charge in [-0.15, -0.1) is 0 Å². The van der Waals surface area contributed by atoms with Crippen molar-refractivity contribution in [2.75, 3.05) is 13.2 Å². The molecule has 0 aromatic heterocycles. The number of aliphatic hydroxyl groups is 6. The Kier molecular flexibility index (Phi) is 30.8. The lowest BCUT2D eigenvalue weighted by Crippen LogP contribution is -2.60. The third kappa shape index (κ3) is 24.0. The zero-order chi connectivity index (χ0) is 39.1. The zero-order valence-electron chi connectivity index (χ0n) is 33.9. The SMILES string of the molecule is CCCCCCCCCCCCCCCC[C@@H](O)C(=O)N[C@@H](CO[C@@H]1OC(CO)[C@@H](O)C(O)C1O)[C@H](O)/C=C/CC/C=C(\C)CCCCCCCCC. The van der Waals surface area contributed by atoms with Crippen molar-refractivity contribution in [2.24, 2.45) is 0 Å². The van der Waals surface area contributed by atoms with Crippen LogP contribution in [0.15, 0.2) is 23.8 Å². The van der Waals surface area contributed by atoms with E-state index < -0.39 is 61.5 Å². The van der Waals surface area contributed by atoms with Gasteiger partial charge in [-0.3, -0.25) is 4.79 Å². The fourth-order valence-electron chi connectivity index (χ4n) is 6.83. The smallest absolute Gasteiger partial charge is 0.249 e. The van der Waals surface area contributed by atoms with E-state index in [2.05, 4.69) is 32.2 Å². The number of allylic oxidation sites excluding steroid dienone is 3. The second kappa shape index (κ2) is 32.8. The molecule has 0 saturated carbocycles. The van der Waals surface area contributed by atoms with Gasteiger partial charge in [-0.2, -0.15) is 0 Å². The average molecular weight is 756 g/mol. The number of aliphatic hydroxyl groups excluding tert-OH is 6. The Balaban J connectivity index is 2.54. The second-order valence-electron chi connectivity index (χ2n) is 15.5. The van der Waals surface area contributed by atoms with Gasteiger partial charge in [0.05, 0.1) is 25.4 Å². The number of rotatable bonds is 34. The van der Waals surface area contributed by atoms with E-state index in [1.54, 1.807) is 6.08 Å². The van der Waals surface area contributed by atoms with Gasteiger partial charge in [-0.1, -0.05) is 166 Å². The predicted molar refractivity (Wildman–Crippen MR) is 213 cm³/mol. The quantitative estimate of drug-likeness (QED) is 0.0263. The van der Waals surface area contributed by atoms with Gasteiger partial charge in [0, 0.05) is 0 Å². The number of hydrogen-bond acceptors (Lipinski definition) is 9. The van der Waals surface area contributed by atoms with Gasteiger partial charge in [0.1, 0.15) is 30.5 Å². The van der Waals surface area contributed by atoms with Gasteiger partial charge in [-0.25, -0.2) is 0 Å². The molecule has 1 fully saturated rings. The Morgan fingerprint density at radius 2 is 1.23 bits per heavy atom. The summed E-state index contributed by atoms with van der Waals surface area (Å²) in [4.78, 5) is 13.0. The Morgan fingerprint density at radius 3 is 1.75 bits per heavy atom. The van der Waals surface area contributed by atoms with Gasteiger partial charge >= 0.3 is 0 Å². The minimum Gasteiger partial charge on any atom is -0.394 e. The van der Waals surface area contributed by atoms with Crippen LogP contribution in [-0.2, 0) is 14.3 Å². The first kappa shape index (κ1) is 49.6. The van der Waals surface area contributed by atoms with E-state index in [-0.39, 0.29) is 6.61 Å². The number of hydrogen-bond donors (Lipinski definition) is 7. The third-order valence-corrected chi connectivity index (χ3v) is 10.5. The molecule has 0 aromatic rings. The molecule has 10 nitrogen and oxygen atoms in total. The molecule has 7 N–H and O–H groups in total. The van der Waals surface area contributed by atoms with Crippen LogP contribution in [0.2, 0.25) is 0 Å². The molecule has 8 atom stereocenters. The Hall–Kier alpha value is -1.37. The summed E-state index contributed by atoms with van der Waals surface area (Å²) in [5.74, 6) is -0.626. The number of unbranched alkanes of at least 4 members (excludes halogenated alkanes) is 20. The summed E-state index contributed by atoms with van der Waals surface area (Å²) in [5, 5.41) is 64.6. The maximum Gasteiger partial charge on any atom is 0.249 e. The molecule has 1 heterocycles. The number of ether oxygens (including phenoxy) is 2. The largest absolute Gasteiger partial charge is 0.394 e. The van der Waals surface area contributed by atoms with E-state index in [1.807, 2.05) is 6.08 Å². The number of amides is 1. The van der Waals surface area contributed by atoms with E-state index in [1.165, 1.54) is 115 Å². The van der Waals surface area contributed by atoms with Crippen LogP contribution in [0.5, 0.6) is 0 Å². The Labute approximate surface area is 322 Å². The van der Waals surface area contributed by atoms with Crippen molar-refractivity contribution in [3.8, 4) is 0 Å². The molecule has 1 aliphatic rings. The Bertz CT molecular complexity index is 929. The maximum atomic E-state index is 13.0. The highest BCUT2D eigenvalue weighted by molar-refractivity contribution is 5.80. The lowest BCUT2D eigenvalue weighted by molar-refractivity contribution is -0.302. The minimum absolute atomic E-state index is 0.306. The summed E-state index contributed by atoms with van der Waals surface area (Å²) < 4.78 is 11.1. The van der Waals surface area contributed by atoms with Crippen LogP contribution in [0, 0.1) is 0 Å². The average Bonchev–Trinajstić information content (AvgIpc) is 3.15. The van der Waals surface area contributed by atoms with Gasteiger partial charge in [0.25, 0.3) is 0 Å². The molecule has 0 bridgehead atoms. The third-order valence-electron chi connectivity index (χ3n) is 10.5. The van der Waals surface area contributed by atoms with Crippen molar-refractivity contribution in [1.29, 1.82) is 0 Å². The van der Waals surface area contributed by atoms with E-state index in [0.717, 1.165) is 32.1 Å². The van der Waals surface area contributed by atoms with Crippen LogP contribution in [0.4, 0.5) is 0 Å². The molecule has 0 aromatic carbocycles. The molecule has 0 radical (unpaired) electrons. The summed E-state index contributed by atoms with van der Waals surface area (Å²) in [6, 6.07) is -0.994. The van der Waals surface area contributed by atoms with Crippen molar-refractivity contribution in [3.63, 3.8) is 0 Å². The maximum absolute atomic E-state index is 13.0. The fraction of sp³-hybridized carbons (Fsp3) is 0.884. The Morgan fingerprint density at radius 1 is 0.717 bits per heavy atom. The molecule has 0 aliphatic carbocycles. The summed E-state index contributed by atoms with van der Waals surface area (Å²) in [6.45, 7) is 5.72. The van der Waals surface area contributed by atoms with E-state index in [9.17, 15) is 35.4 Å². The van der Waals surface area contributed by atoms with Crippen LogP contribution in [0.1, 0.15) is 181 Å². The molecule has 10 heteroatoms. The van der Waals surface area contributed by atoms with Crippen LogP contribution in [0.25, 0.3) is 0 Å². The van der Waals surface area contributed by atoms with E-state index in [4.69, 9.17) is 9.47 Å². The van der Waals surface area contributed by atoms with Crippen molar-refractivity contribution in [3.05, 3.63) is 23.8 Å². The first-order chi connectivity index (χ1) is 25.7. The lowest BCUT2D eigenvalue weighted by Gasteiger charge is -2.40. The molecular formula is C43H81NO9. The molecular weight excluding hydrogens is 674 g/mol. The fourth-order valence-corrected chi connectivity index (χ4v) is 6.83. The molecule has 312 valence electrons. The standard InChI is InChI=1S/C43H81NO9/c1-4-6-8-10-12-13-14-15-16-17-18-20-22-26-31-37(47)42(51)44-35(33-52-43-41(50)40(49)39(48)38(32-45)53-43)36(46)30-27-23-25-29-34(3)28-24-21-19-11-9-7-5-2/h27,29-30,35-41,43,45-50H,4-26,28,31-33H2,1-3H3,(H,44,51)/b30-27+,34-29+/t35-,36+,37+,38?,39+,40?,41?,43+/m0/s1. The monoisotopic (exact) mass is 756 g/mol. The highest BCUT2D eigenvalue weighted by Crippen LogP contribution is 2.23. The van der Waals surface area contributed by atoms with Crippen molar-refractivity contribution < 1.29 is 44.9 Å². The summed E-state index contributed by atoms with van der Waals surface area (Å²) in [7, 11) is 0. The van der Waals surface area contributed by atoms with Crippen molar-refractivity contribution in [1.82, 2.24) is 5.32 Å². The minimum atomic E-state index is -1.61. The summed E-state index contributed by atoms with van der Waals surface area (Å²) >= 11 is 0. The van der Waals surface area contributed by atoms with Gasteiger partial charge in [-0.05, 0) is 39.0 Å². The topological polar surface area (TPSA) is 169 Å². The number of nitrogens with one attached hydrogen (secondary N) is 1. The lowest BCUT2D eigenvalue weighted by atomic mass is 9.99. The predicted octanol–water partition coefficient (Wildman–Crippen LogP) is 7.30. The first-order valence-electron chi connectivity index (χ1n) is 21.6. The summed E-state index contributed by atoms with van der Waals surface area (Å²) in [5.41, 5.74) is 1.36. The molecule has 1 amide bonds. The molecule has 1 rings (SSSR count). The van der Waals surface area contributed by atoms with Gasteiger partial charge in [0.2, 0.25) is 5.91 Å². The van der Waals surface area contributed by atoms with Crippen molar-refractivity contribution >= 4 is 5.91 Å².